The topological polar surface area (TPSA) is 85.6 Å². The van der Waals surface area contributed by atoms with Crippen molar-refractivity contribution in [3.05, 3.63) is 40.5 Å². The van der Waals surface area contributed by atoms with E-state index in [1.165, 1.54) is 15.9 Å². The molecule has 3 aromatic rings. The average Bonchev–Trinajstić information content (AvgIpc) is 3.10. The number of sulfonamides is 1. The molecule has 3 rings (SSSR count). The van der Waals surface area contributed by atoms with Crippen LogP contribution >= 0.6 is 11.3 Å². The highest BCUT2D eigenvalue weighted by Crippen LogP contribution is 2.26. The molecule has 0 spiro atoms. The summed E-state index contributed by atoms with van der Waals surface area (Å²) in [6.45, 7) is 5.89. The lowest BCUT2D eigenvalue weighted by Gasteiger charge is -2.07. The smallest absolute Gasteiger partial charge is 0.260 e. The van der Waals surface area contributed by atoms with Gasteiger partial charge in [-0.05, 0) is 24.6 Å². The van der Waals surface area contributed by atoms with E-state index in [2.05, 4.69) is 14.8 Å². The third kappa shape index (κ3) is 3.53. The summed E-state index contributed by atoms with van der Waals surface area (Å²) in [5.41, 5.74) is 1.28. The average molecular weight is 380 g/mol. The fourth-order valence-electron chi connectivity index (χ4n) is 2.38. The number of nitrogens with zero attached hydrogens (tertiary/aromatic N) is 3. The van der Waals surface area contributed by atoms with Gasteiger partial charge < -0.3 is 4.74 Å². The summed E-state index contributed by atoms with van der Waals surface area (Å²) >= 11 is 1.41. The van der Waals surface area contributed by atoms with Crippen LogP contribution in [0.1, 0.15) is 36.0 Å². The summed E-state index contributed by atoms with van der Waals surface area (Å²) in [5, 5.41) is 5.37. The summed E-state index contributed by atoms with van der Waals surface area (Å²) in [6, 6.07) is 7.22. The molecule has 1 aromatic carbocycles. The molecule has 0 aliphatic heterocycles. The Bertz CT molecular complexity index is 988. The number of methoxy groups -OCH3 is 1. The first-order valence-corrected chi connectivity index (χ1v) is 10.1. The molecule has 1 N–H and O–H groups in total. The van der Waals surface area contributed by atoms with Crippen molar-refractivity contribution in [2.45, 2.75) is 38.3 Å². The van der Waals surface area contributed by atoms with E-state index in [4.69, 9.17) is 4.74 Å². The maximum absolute atomic E-state index is 12.8. The molecule has 2 heterocycles. The molecule has 134 valence electrons. The van der Waals surface area contributed by atoms with Crippen LogP contribution in [0.2, 0.25) is 0 Å². The molecule has 0 saturated heterocycles. The molecule has 0 bridgehead atoms. The Labute approximate surface area is 150 Å². The number of benzene rings is 1. The number of nitrogens with one attached hydrogen (secondary N) is 1. The lowest BCUT2D eigenvalue weighted by atomic mass is 10.2. The molecular weight excluding hydrogens is 360 g/mol. The van der Waals surface area contributed by atoms with E-state index < -0.39 is 10.0 Å². The monoisotopic (exact) mass is 380 g/mol. The maximum Gasteiger partial charge on any atom is 0.260 e. The molecule has 0 aliphatic carbocycles. The van der Waals surface area contributed by atoms with Crippen molar-refractivity contribution in [3.63, 3.8) is 0 Å². The molecule has 9 heteroatoms. The van der Waals surface area contributed by atoms with Crippen molar-refractivity contribution < 1.29 is 13.2 Å². The van der Waals surface area contributed by atoms with Crippen LogP contribution in [-0.4, -0.2) is 30.1 Å². The molecule has 0 saturated carbocycles. The van der Waals surface area contributed by atoms with E-state index in [1.807, 2.05) is 26.0 Å². The van der Waals surface area contributed by atoms with Crippen molar-refractivity contribution in [1.29, 1.82) is 0 Å². The number of hydrogen-bond donors (Lipinski definition) is 1. The normalized spacial score (nSPS) is 12.2. The third-order valence-corrected chi connectivity index (χ3v) is 6.43. The number of ether oxygens (including phenoxy) is 1. The zero-order valence-electron chi connectivity index (χ0n) is 14.5. The number of imidazole rings is 1. The highest BCUT2D eigenvalue weighted by atomic mass is 32.2. The second-order valence-electron chi connectivity index (χ2n) is 5.96. The number of fused-ring (bicyclic) bond motifs is 1. The molecule has 0 unspecified atom stereocenters. The summed E-state index contributed by atoms with van der Waals surface area (Å²) in [4.78, 5) is 4.93. The van der Waals surface area contributed by atoms with Crippen molar-refractivity contribution in [1.82, 2.24) is 19.3 Å². The van der Waals surface area contributed by atoms with Gasteiger partial charge in [0.1, 0.15) is 10.8 Å². The highest BCUT2D eigenvalue weighted by molar-refractivity contribution is 7.89. The molecule has 0 radical (unpaired) electrons. The van der Waals surface area contributed by atoms with Crippen LogP contribution in [0.5, 0.6) is 5.75 Å². The van der Waals surface area contributed by atoms with E-state index in [9.17, 15) is 8.42 Å². The van der Waals surface area contributed by atoms with E-state index in [0.29, 0.717) is 10.7 Å². The Morgan fingerprint density at radius 2 is 1.96 bits per heavy atom. The molecule has 0 fully saturated rings. The van der Waals surface area contributed by atoms with E-state index in [0.717, 1.165) is 16.3 Å². The minimum absolute atomic E-state index is 0.0964. The molecule has 0 aliphatic rings. The van der Waals surface area contributed by atoms with Gasteiger partial charge in [0.05, 0.1) is 12.8 Å². The molecule has 0 amide bonds. The SMILES string of the molecule is COc1ccc(CNS(=O)(=O)c2c(C)nc3sc(C(C)C)nn23)cc1. The number of hydrogen-bond acceptors (Lipinski definition) is 6. The zero-order valence-corrected chi connectivity index (χ0v) is 16.1. The fourth-order valence-corrected chi connectivity index (χ4v) is 4.66. The molecule has 2 aromatic heterocycles. The Kier molecular flexibility index (Phi) is 4.81. The maximum atomic E-state index is 12.8. The largest absolute Gasteiger partial charge is 0.497 e. The summed E-state index contributed by atoms with van der Waals surface area (Å²) in [7, 11) is -2.15. The second kappa shape index (κ2) is 6.74. The van der Waals surface area contributed by atoms with Gasteiger partial charge in [-0.3, -0.25) is 0 Å². The van der Waals surface area contributed by atoms with Gasteiger partial charge in [-0.25, -0.2) is 18.1 Å². The molecular formula is C16H20N4O3S2. The van der Waals surface area contributed by atoms with Crippen LogP contribution in [0, 0.1) is 6.92 Å². The lowest BCUT2D eigenvalue weighted by Crippen LogP contribution is -2.25. The summed E-state index contributed by atoms with van der Waals surface area (Å²) < 4.78 is 34.7. The molecule has 25 heavy (non-hydrogen) atoms. The van der Waals surface area contributed by atoms with Gasteiger partial charge in [-0.2, -0.15) is 9.61 Å². The first-order valence-electron chi connectivity index (χ1n) is 7.80. The van der Waals surface area contributed by atoms with Gasteiger partial charge in [-0.15, -0.1) is 0 Å². The Balaban J connectivity index is 1.88. The Morgan fingerprint density at radius 3 is 2.56 bits per heavy atom. The van der Waals surface area contributed by atoms with Gasteiger partial charge in [0.15, 0.2) is 5.03 Å². The van der Waals surface area contributed by atoms with Crippen LogP contribution < -0.4 is 9.46 Å². The minimum Gasteiger partial charge on any atom is -0.497 e. The molecule has 7 nitrogen and oxygen atoms in total. The van der Waals surface area contributed by atoms with Gasteiger partial charge in [0, 0.05) is 12.5 Å². The zero-order chi connectivity index (χ0) is 18.2. The van der Waals surface area contributed by atoms with Crippen LogP contribution in [0.25, 0.3) is 4.96 Å². The first-order chi connectivity index (χ1) is 11.8. The van der Waals surface area contributed by atoms with Crippen molar-refractivity contribution in [2.24, 2.45) is 0 Å². The standard InChI is InChI=1S/C16H20N4O3S2/c1-10(2)14-19-20-15(11(3)18-16(20)24-14)25(21,22)17-9-12-5-7-13(23-4)8-6-12/h5-8,10,17H,9H2,1-4H3. The summed E-state index contributed by atoms with van der Waals surface area (Å²) in [5.74, 6) is 0.943. The van der Waals surface area contributed by atoms with Crippen LogP contribution in [-0.2, 0) is 16.6 Å². The lowest BCUT2D eigenvalue weighted by molar-refractivity contribution is 0.414. The third-order valence-electron chi connectivity index (χ3n) is 3.71. The number of rotatable bonds is 6. The van der Waals surface area contributed by atoms with Gasteiger partial charge in [0.25, 0.3) is 10.0 Å². The second-order valence-corrected chi connectivity index (χ2v) is 8.63. The van der Waals surface area contributed by atoms with E-state index in [1.54, 1.807) is 26.2 Å². The first kappa shape index (κ1) is 17.8. The minimum atomic E-state index is -3.74. The van der Waals surface area contributed by atoms with E-state index >= 15 is 0 Å². The Hall–Kier alpha value is -1.97. The van der Waals surface area contributed by atoms with Crippen LogP contribution in [0.4, 0.5) is 0 Å². The van der Waals surface area contributed by atoms with E-state index in [-0.39, 0.29) is 17.5 Å². The highest BCUT2D eigenvalue weighted by Gasteiger charge is 2.26. The Morgan fingerprint density at radius 1 is 1.28 bits per heavy atom. The van der Waals surface area contributed by atoms with Gasteiger partial charge >= 0.3 is 0 Å². The van der Waals surface area contributed by atoms with Crippen molar-refractivity contribution >= 4 is 26.3 Å². The fraction of sp³-hybridized carbons (Fsp3) is 0.375. The van der Waals surface area contributed by atoms with Gasteiger partial charge in [-0.1, -0.05) is 37.3 Å². The van der Waals surface area contributed by atoms with Crippen LogP contribution in [0.15, 0.2) is 29.3 Å². The molecule has 0 atom stereocenters. The number of aromatic nitrogens is 3. The van der Waals surface area contributed by atoms with Crippen LogP contribution in [0.3, 0.4) is 0 Å². The van der Waals surface area contributed by atoms with Crippen molar-refractivity contribution in [3.8, 4) is 5.75 Å². The summed E-state index contributed by atoms with van der Waals surface area (Å²) in [6.07, 6.45) is 0. The number of aryl methyl sites for hydroxylation is 1. The predicted octanol–water partition coefficient (Wildman–Crippen LogP) is 2.71. The quantitative estimate of drug-likeness (QED) is 0.711. The predicted molar refractivity (Wildman–Crippen MR) is 96.7 cm³/mol. The van der Waals surface area contributed by atoms with Gasteiger partial charge in [0.2, 0.25) is 4.96 Å². The van der Waals surface area contributed by atoms with Crippen molar-refractivity contribution in [2.75, 3.05) is 7.11 Å².